The van der Waals surface area contributed by atoms with Crippen LogP contribution in [-0.2, 0) is 9.53 Å². The van der Waals surface area contributed by atoms with Crippen LogP contribution in [-0.4, -0.2) is 30.9 Å². The number of nitrogens with one attached hydrogen (secondary N) is 1. The molecule has 0 saturated carbocycles. The Labute approximate surface area is 145 Å². The number of Topliss-reactive ketones (excluding diaryl/α,β-unsaturated/α-hetero) is 1. The summed E-state index contributed by atoms with van der Waals surface area (Å²) >= 11 is 0. The van der Waals surface area contributed by atoms with Gasteiger partial charge >= 0.3 is 5.97 Å². The van der Waals surface area contributed by atoms with Crippen LogP contribution in [0.5, 0.6) is 5.75 Å². The highest BCUT2D eigenvalue weighted by atomic mass is 16.5. The second-order valence-corrected chi connectivity index (χ2v) is 5.40. The van der Waals surface area contributed by atoms with Gasteiger partial charge in [-0.2, -0.15) is 0 Å². The highest BCUT2D eigenvalue weighted by molar-refractivity contribution is 5.96. The van der Waals surface area contributed by atoms with E-state index in [1.807, 2.05) is 0 Å². The molecule has 0 bridgehead atoms. The van der Waals surface area contributed by atoms with E-state index in [0.717, 1.165) is 0 Å². The fraction of sp³-hybridized carbons (Fsp3) is 0.211. The van der Waals surface area contributed by atoms with E-state index in [1.165, 1.54) is 20.1 Å². The maximum absolute atomic E-state index is 12.2. The first-order chi connectivity index (χ1) is 11.9. The van der Waals surface area contributed by atoms with E-state index in [2.05, 4.69) is 10.1 Å². The summed E-state index contributed by atoms with van der Waals surface area (Å²) in [5, 5.41) is 2.69. The number of ketones is 1. The van der Waals surface area contributed by atoms with Crippen LogP contribution in [0.1, 0.15) is 34.6 Å². The van der Waals surface area contributed by atoms with Gasteiger partial charge in [0.15, 0.2) is 11.9 Å². The molecule has 6 heteroatoms. The van der Waals surface area contributed by atoms with Crippen LogP contribution in [0.15, 0.2) is 48.5 Å². The summed E-state index contributed by atoms with van der Waals surface area (Å²) in [7, 11) is 1.29. The Morgan fingerprint density at radius 3 is 2.28 bits per heavy atom. The molecule has 2 aromatic rings. The lowest BCUT2D eigenvalue weighted by molar-refractivity contribution is -0.122. The normalized spacial score (nSPS) is 11.3. The molecule has 0 unspecified atom stereocenters. The molecule has 2 rings (SSSR count). The molecule has 0 radical (unpaired) electrons. The Morgan fingerprint density at radius 1 is 1.00 bits per heavy atom. The van der Waals surface area contributed by atoms with Crippen molar-refractivity contribution in [2.75, 3.05) is 12.4 Å². The molecule has 0 aromatic heterocycles. The zero-order chi connectivity index (χ0) is 18.4. The van der Waals surface area contributed by atoms with Crippen molar-refractivity contribution >= 4 is 23.3 Å². The molecule has 130 valence electrons. The summed E-state index contributed by atoms with van der Waals surface area (Å²) < 4.78 is 10.2. The fourth-order valence-electron chi connectivity index (χ4n) is 2.11. The van der Waals surface area contributed by atoms with Crippen molar-refractivity contribution in [3.8, 4) is 5.75 Å². The summed E-state index contributed by atoms with van der Waals surface area (Å²) in [6.07, 6.45) is -0.759. The monoisotopic (exact) mass is 341 g/mol. The van der Waals surface area contributed by atoms with E-state index < -0.39 is 12.1 Å². The number of methoxy groups -OCH3 is 1. The zero-order valence-corrected chi connectivity index (χ0v) is 14.2. The minimum Gasteiger partial charge on any atom is -0.481 e. The number of esters is 1. The molecule has 0 fully saturated rings. The van der Waals surface area contributed by atoms with Crippen LogP contribution < -0.4 is 10.1 Å². The molecule has 1 N–H and O–H groups in total. The summed E-state index contributed by atoms with van der Waals surface area (Å²) in [5.41, 5.74) is 1.38. The lowest BCUT2D eigenvalue weighted by Gasteiger charge is -2.15. The highest BCUT2D eigenvalue weighted by Gasteiger charge is 2.16. The molecular weight excluding hydrogens is 322 g/mol. The minimum absolute atomic E-state index is 0.0390. The first-order valence-corrected chi connectivity index (χ1v) is 7.67. The molecule has 2 aromatic carbocycles. The number of hydrogen-bond donors (Lipinski definition) is 1. The van der Waals surface area contributed by atoms with E-state index in [0.29, 0.717) is 22.6 Å². The van der Waals surface area contributed by atoms with E-state index in [-0.39, 0.29) is 11.7 Å². The van der Waals surface area contributed by atoms with E-state index in [1.54, 1.807) is 49.4 Å². The molecule has 0 saturated heterocycles. The van der Waals surface area contributed by atoms with Gasteiger partial charge < -0.3 is 14.8 Å². The summed E-state index contributed by atoms with van der Waals surface area (Å²) in [6, 6.07) is 13.0. The van der Waals surface area contributed by atoms with E-state index in [9.17, 15) is 14.4 Å². The van der Waals surface area contributed by atoms with Gasteiger partial charge in [0.25, 0.3) is 5.91 Å². The third kappa shape index (κ3) is 4.91. The lowest BCUT2D eigenvalue weighted by Crippen LogP contribution is -2.30. The average Bonchev–Trinajstić information content (AvgIpc) is 2.61. The van der Waals surface area contributed by atoms with Crippen molar-refractivity contribution in [2.24, 2.45) is 0 Å². The first-order valence-electron chi connectivity index (χ1n) is 7.67. The molecule has 0 spiro atoms. The third-order valence-electron chi connectivity index (χ3n) is 3.49. The molecular formula is C19H19NO5. The van der Waals surface area contributed by atoms with Gasteiger partial charge in [0.2, 0.25) is 0 Å². The minimum atomic E-state index is -0.759. The molecule has 0 aliphatic carbocycles. The maximum Gasteiger partial charge on any atom is 0.337 e. The van der Waals surface area contributed by atoms with Crippen LogP contribution in [0.3, 0.4) is 0 Å². The van der Waals surface area contributed by atoms with Crippen molar-refractivity contribution in [2.45, 2.75) is 20.0 Å². The van der Waals surface area contributed by atoms with Gasteiger partial charge in [0, 0.05) is 11.3 Å². The number of ether oxygens (including phenoxy) is 2. The van der Waals surface area contributed by atoms with E-state index >= 15 is 0 Å². The van der Waals surface area contributed by atoms with Crippen LogP contribution in [0.2, 0.25) is 0 Å². The number of anilines is 1. The molecule has 1 amide bonds. The van der Waals surface area contributed by atoms with Gasteiger partial charge in [-0.05, 0) is 56.3 Å². The van der Waals surface area contributed by atoms with Crippen LogP contribution >= 0.6 is 0 Å². The molecule has 6 nitrogen and oxygen atoms in total. The zero-order valence-electron chi connectivity index (χ0n) is 14.2. The van der Waals surface area contributed by atoms with Crippen LogP contribution in [0.4, 0.5) is 5.69 Å². The van der Waals surface area contributed by atoms with Crippen LogP contribution in [0, 0.1) is 0 Å². The smallest absolute Gasteiger partial charge is 0.337 e. The standard InChI is InChI=1S/C19H19NO5/c1-12(21)14-7-9-17(10-8-14)25-13(2)18(22)20-16-6-4-5-15(11-16)19(23)24-3/h4-11,13H,1-3H3,(H,20,22)/t13-/m0/s1. The molecule has 0 heterocycles. The number of carbonyl (C=O) groups is 3. The Bertz CT molecular complexity index is 783. The van der Waals surface area contributed by atoms with Gasteiger partial charge in [-0.25, -0.2) is 4.79 Å². The number of hydrogen-bond acceptors (Lipinski definition) is 5. The van der Waals surface area contributed by atoms with Gasteiger partial charge in [-0.1, -0.05) is 6.07 Å². The first kappa shape index (κ1) is 18.2. The Kier molecular flexibility index (Phi) is 5.89. The summed E-state index contributed by atoms with van der Waals surface area (Å²) in [6.45, 7) is 3.09. The van der Waals surface area contributed by atoms with Gasteiger partial charge in [-0.3, -0.25) is 9.59 Å². The number of benzene rings is 2. The highest BCUT2D eigenvalue weighted by Crippen LogP contribution is 2.16. The number of rotatable bonds is 6. The second-order valence-electron chi connectivity index (χ2n) is 5.40. The summed E-state index contributed by atoms with van der Waals surface area (Å²) in [4.78, 5) is 35.0. The van der Waals surface area contributed by atoms with Gasteiger partial charge in [0.1, 0.15) is 5.75 Å². The maximum atomic E-state index is 12.2. The van der Waals surface area contributed by atoms with Gasteiger partial charge in [-0.15, -0.1) is 0 Å². The Morgan fingerprint density at radius 2 is 1.68 bits per heavy atom. The largest absolute Gasteiger partial charge is 0.481 e. The topological polar surface area (TPSA) is 81.7 Å². The number of carbonyl (C=O) groups excluding carboxylic acids is 3. The second kappa shape index (κ2) is 8.10. The number of amides is 1. The quantitative estimate of drug-likeness (QED) is 0.645. The van der Waals surface area contributed by atoms with E-state index in [4.69, 9.17) is 4.74 Å². The SMILES string of the molecule is COC(=O)c1cccc(NC(=O)[C@H](C)Oc2ccc(C(C)=O)cc2)c1. The Hall–Kier alpha value is -3.15. The van der Waals surface area contributed by atoms with Crippen molar-refractivity contribution in [3.63, 3.8) is 0 Å². The molecule has 0 aliphatic rings. The van der Waals surface area contributed by atoms with Crippen molar-refractivity contribution < 1.29 is 23.9 Å². The predicted octanol–water partition coefficient (Wildman–Crippen LogP) is 3.08. The predicted molar refractivity (Wildman–Crippen MR) is 92.9 cm³/mol. The van der Waals surface area contributed by atoms with Gasteiger partial charge in [0.05, 0.1) is 12.7 Å². The lowest BCUT2D eigenvalue weighted by atomic mass is 10.1. The third-order valence-corrected chi connectivity index (χ3v) is 3.49. The molecule has 1 atom stereocenters. The average molecular weight is 341 g/mol. The Balaban J connectivity index is 2.00. The van der Waals surface area contributed by atoms with Crippen LogP contribution in [0.25, 0.3) is 0 Å². The summed E-state index contributed by atoms with van der Waals surface area (Å²) in [5.74, 6) is -0.401. The van der Waals surface area contributed by atoms with Crippen molar-refractivity contribution in [3.05, 3.63) is 59.7 Å². The molecule has 0 aliphatic heterocycles. The molecule has 25 heavy (non-hydrogen) atoms. The van der Waals surface area contributed by atoms with Crippen molar-refractivity contribution in [1.29, 1.82) is 0 Å². The fourth-order valence-corrected chi connectivity index (χ4v) is 2.11. The van der Waals surface area contributed by atoms with Crippen molar-refractivity contribution in [1.82, 2.24) is 0 Å².